The Morgan fingerprint density at radius 2 is 2.00 bits per heavy atom. The van der Waals surface area contributed by atoms with Crippen LogP contribution in [0.4, 0.5) is 20.0 Å². The third kappa shape index (κ3) is 5.82. The van der Waals surface area contributed by atoms with Crippen LogP contribution in [0.25, 0.3) is 0 Å². The van der Waals surface area contributed by atoms with Crippen LogP contribution in [0, 0.1) is 11.7 Å². The lowest BCUT2D eigenvalue weighted by Gasteiger charge is -2.19. The van der Waals surface area contributed by atoms with Gasteiger partial charge in [0, 0.05) is 6.42 Å². The van der Waals surface area contributed by atoms with Crippen molar-refractivity contribution in [2.45, 2.75) is 48.5 Å². The summed E-state index contributed by atoms with van der Waals surface area (Å²) >= 11 is 2.90. The fourth-order valence-corrected chi connectivity index (χ4v) is 5.24. The number of carbonyl (C=O) groups excluding carboxylic acids is 1. The molecule has 158 valence electrons. The Labute approximate surface area is 182 Å². The number of anilines is 2. The topological polar surface area (TPSA) is 80.1 Å². The number of rotatable bonds is 7. The van der Waals surface area contributed by atoms with Gasteiger partial charge < -0.3 is 9.73 Å². The van der Waals surface area contributed by atoms with Gasteiger partial charge in [-0.05, 0) is 18.1 Å². The zero-order chi connectivity index (χ0) is 20.8. The van der Waals surface area contributed by atoms with Crippen molar-refractivity contribution >= 4 is 39.9 Å². The van der Waals surface area contributed by atoms with E-state index in [0.717, 1.165) is 22.3 Å². The number of halogens is 1. The summed E-state index contributed by atoms with van der Waals surface area (Å²) in [7, 11) is 0. The van der Waals surface area contributed by atoms with Crippen LogP contribution in [0.15, 0.2) is 45.3 Å². The molecule has 30 heavy (non-hydrogen) atoms. The zero-order valence-corrected chi connectivity index (χ0v) is 18.0. The van der Waals surface area contributed by atoms with Gasteiger partial charge in [-0.3, -0.25) is 5.32 Å². The maximum absolute atomic E-state index is 13.6. The Morgan fingerprint density at radius 3 is 2.83 bits per heavy atom. The van der Waals surface area contributed by atoms with E-state index in [9.17, 15) is 9.18 Å². The average Bonchev–Trinajstić information content (AvgIpc) is 3.38. The lowest BCUT2D eigenvalue weighted by Crippen LogP contribution is -2.19. The number of benzene rings is 1. The fraction of sp³-hybridized carbons (Fsp3) is 0.381. The number of hydrogen-bond acceptors (Lipinski definition) is 6. The number of aromatic nitrogens is 2. The van der Waals surface area contributed by atoms with Crippen molar-refractivity contribution < 1.29 is 13.6 Å². The van der Waals surface area contributed by atoms with Gasteiger partial charge in [0.1, 0.15) is 11.6 Å². The first kappa shape index (κ1) is 20.9. The van der Waals surface area contributed by atoms with E-state index in [2.05, 4.69) is 20.6 Å². The largest absolute Gasteiger partial charge is 0.445 e. The van der Waals surface area contributed by atoms with Crippen LogP contribution >= 0.6 is 23.1 Å². The number of urea groups is 1. The maximum Gasteiger partial charge on any atom is 0.325 e. The molecule has 2 amide bonds. The molecule has 0 unspecified atom stereocenters. The molecule has 1 aromatic carbocycles. The second-order valence-electron chi connectivity index (χ2n) is 7.26. The number of amides is 2. The van der Waals surface area contributed by atoms with Gasteiger partial charge in [-0.25, -0.2) is 19.2 Å². The summed E-state index contributed by atoms with van der Waals surface area (Å²) < 4.78 is 20.4. The molecule has 3 aromatic rings. The first-order valence-corrected chi connectivity index (χ1v) is 11.8. The van der Waals surface area contributed by atoms with Gasteiger partial charge in [-0.15, -0.1) is 11.8 Å². The van der Waals surface area contributed by atoms with Gasteiger partial charge in [-0.1, -0.05) is 55.6 Å². The van der Waals surface area contributed by atoms with Crippen molar-refractivity contribution in [3.63, 3.8) is 0 Å². The molecular formula is C21H23FN4O2S2. The van der Waals surface area contributed by atoms with Crippen molar-refractivity contribution in [3.05, 3.63) is 54.1 Å². The molecule has 1 fully saturated rings. The number of hydrogen-bond donors (Lipinski definition) is 2. The van der Waals surface area contributed by atoms with Crippen LogP contribution < -0.4 is 10.6 Å². The highest BCUT2D eigenvalue weighted by atomic mass is 32.2. The first-order valence-electron chi connectivity index (χ1n) is 10.0. The molecule has 6 nitrogen and oxygen atoms in total. The molecule has 0 radical (unpaired) electrons. The van der Waals surface area contributed by atoms with E-state index < -0.39 is 11.8 Å². The number of thioether (sulfide) groups is 1. The number of carbonyl (C=O) groups is 1. The van der Waals surface area contributed by atoms with Gasteiger partial charge in [-0.2, -0.15) is 0 Å². The SMILES string of the molecule is O=C(Nc1ncc(SCc2ncc(CC3CCCCC3)o2)s1)Nc1ccccc1F. The summed E-state index contributed by atoms with van der Waals surface area (Å²) in [5, 5.41) is 5.54. The van der Waals surface area contributed by atoms with E-state index in [1.165, 1.54) is 55.6 Å². The number of nitrogens with zero attached hydrogens (tertiary/aromatic N) is 2. The van der Waals surface area contributed by atoms with Crippen LogP contribution in [0.3, 0.4) is 0 Å². The molecule has 9 heteroatoms. The molecule has 4 rings (SSSR count). The summed E-state index contributed by atoms with van der Waals surface area (Å²) in [5.41, 5.74) is 0.120. The van der Waals surface area contributed by atoms with Gasteiger partial charge >= 0.3 is 6.03 Å². The highest BCUT2D eigenvalue weighted by Gasteiger charge is 2.16. The lowest BCUT2D eigenvalue weighted by molar-refractivity contribution is 0.262. The predicted molar refractivity (Wildman–Crippen MR) is 117 cm³/mol. The first-order chi connectivity index (χ1) is 14.7. The van der Waals surface area contributed by atoms with E-state index in [4.69, 9.17) is 4.42 Å². The van der Waals surface area contributed by atoms with Gasteiger partial charge in [0.15, 0.2) is 5.13 Å². The van der Waals surface area contributed by atoms with E-state index in [-0.39, 0.29) is 5.69 Å². The van der Waals surface area contributed by atoms with Crippen LogP contribution in [-0.4, -0.2) is 16.0 Å². The molecule has 1 saturated carbocycles. The highest BCUT2D eigenvalue weighted by Crippen LogP contribution is 2.31. The molecule has 2 N–H and O–H groups in total. The Morgan fingerprint density at radius 1 is 1.17 bits per heavy atom. The van der Waals surface area contributed by atoms with Crippen LogP contribution in [0.5, 0.6) is 0 Å². The van der Waals surface area contributed by atoms with Crippen molar-refractivity contribution in [2.24, 2.45) is 5.92 Å². The minimum Gasteiger partial charge on any atom is -0.445 e. The second kappa shape index (κ2) is 10.1. The Hall–Kier alpha value is -2.39. The standard InChI is InChI=1S/C21H23FN4O2S2/c22-16-8-4-5-9-17(16)25-20(27)26-21-24-12-19(30-21)29-13-18-23-11-15(28-18)10-14-6-2-1-3-7-14/h4-5,8-9,11-12,14H,1-3,6-7,10,13H2,(H2,24,25,26,27). The summed E-state index contributed by atoms with van der Waals surface area (Å²) in [6.07, 6.45) is 11.1. The highest BCUT2D eigenvalue weighted by molar-refractivity contribution is 8.00. The van der Waals surface area contributed by atoms with Crippen molar-refractivity contribution in [1.29, 1.82) is 0 Å². The minimum atomic E-state index is -0.536. The number of nitrogens with one attached hydrogen (secondary N) is 2. The van der Waals surface area contributed by atoms with Crippen molar-refractivity contribution in [2.75, 3.05) is 10.6 Å². The van der Waals surface area contributed by atoms with E-state index in [1.807, 2.05) is 6.20 Å². The number of para-hydroxylation sites is 1. The second-order valence-corrected chi connectivity index (χ2v) is 9.57. The Kier molecular flexibility index (Phi) is 7.01. The molecule has 0 saturated heterocycles. The molecular weight excluding hydrogens is 423 g/mol. The maximum atomic E-state index is 13.6. The third-order valence-electron chi connectivity index (χ3n) is 4.98. The summed E-state index contributed by atoms with van der Waals surface area (Å²) in [6, 6.07) is 5.47. The minimum absolute atomic E-state index is 0.120. The smallest absolute Gasteiger partial charge is 0.325 e. The molecule has 1 aliphatic carbocycles. The van der Waals surface area contributed by atoms with Gasteiger partial charge in [0.2, 0.25) is 5.89 Å². The van der Waals surface area contributed by atoms with Crippen molar-refractivity contribution in [3.8, 4) is 0 Å². The monoisotopic (exact) mass is 446 g/mol. The summed E-state index contributed by atoms with van der Waals surface area (Å²) in [4.78, 5) is 20.6. The molecule has 2 aromatic heterocycles. The lowest BCUT2D eigenvalue weighted by atomic mass is 9.86. The normalized spacial score (nSPS) is 14.6. The Balaban J connectivity index is 1.24. The third-order valence-corrected chi connectivity index (χ3v) is 7.07. The zero-order valence-electron chi connectivity index (χ0n) is 16.4. The average molecular weight is 447 g/mol. The number of thiazole rings is 1. The summed E-state index contributed by atoms with van der Waals surface area (Å²) in [5.74, 6) is 2.50. The van der Waals surface area contributed by atoms with Crippen molar-refractivity contribution in [1.82, 2.24) is 9.97 Å². The van der Waals surface area contributed by atoms with E-state index >= 15 is 0 Å². The Bertz CT molecular complexity index is 985. The molecule has 0 spiro atoms. The van der Waals surface area contributed by atoms with Gasteiger partial charge in [0.25, 0.3) is 0 Å². The fourth-order valence-electron chi connectivity index (χ4n) is 3.51. The molecule has 0 atom stereocenters. The molecule has 2 heterocycles. The van der Waals surface area contributed by atoms with Crippen LogP contribution in [0.1, 0.15) is 43.8 Å². The van der Waals surface area contributed by atoms with E-state index in [1.54, 1.807) is 30.1 Å². The van der Waals surface area contributed by atoms with Gasteiger partial charge in [0.05, 0.1) is 28.0 Å². The summed E-state index contributed by atoms with van der Waals surface area (Å²) in [6.45, 7) is 0. The van der Waals surface area contributed by atoms with Crippen LogP contribution in [-0.2, 0) is 12.2 Å². The number of oxazole rings is 1. The quantitative estimate of drug-likeness (QED) is 0.415. The molecule has 0 aliphatic heterocycles. The predicted octanol–water partition coefficient (Wildman–Crippen LogP) is 6.33. The molecule has 1 aliphatic rings. The van der Waals surface area contributed by atoms with Crippen LogP contribution in [0.2, 0.25) is 0 Å². The molecule has 0 bridgehead atoms. The van der Waals surface area contributed by atoms with E-state index in [0.29, 0.717) is 16.8 Å².